The molecule has 0 aromatic carbocycles. The van der Waals surface area contributed by atoms with Crippen LogP contribution in [0.5, 0.6) is 0 Å². The van der Waals surface area contributed by atoms with E-state index in [1.807, 2.05) is 0 Å². The third-order valence-electron chi connectivity index (χ3n) is 5.26. The molecule has 1 unspecified atom stereocenters. The zero-order valence-electron chi connectivity index (χ0n) is 12.0. The van der Waals surface area contributed by atoms with Crippen molar-refractivity contribution in [2.75, 3.05) is 26.7 Å². The Kier molecular flexibility index (Phi) is 4.48. The van der Waals surface area contributed by atoms with Crippen LogP contribution in [-0.4, -0.2) is 37.6 Å². The summed E-state index contributed by atoms with van der Waals surface area (Å²) < 4.78 is 0. The first-order chi connectivity index (χ1) is 8.14. The SMILES string of the molecule is CC(C)C1(CN(C)C2CCCCC2)CCNC1. The number of nitrogens with one attached hydrogen (secondary N) is 1. The highest BCUT2D eigenvalue weighted by Crippen LogP contribution is 2.36. The zero-order chi connectivity index (χ0) is 12.3. The molecule has 1 aliphatic carbocycles. The van der Waals surface area contributed by atoms with Crippen LogP contribution in [0, 0.1) is 11.3 Å². The quantitative estimate of drug-likeness (QED) is 0.810. The molecule has 0 spiro atoms. The van der Waals surface area contributed by atoms with E-state index in [0.29, 0.717) is 5.41 Å². The fourth-order valence-corrected chi connectivity index (χ4v) is 3.72. The Hall–Kier alpha value is -0.0800. The number of rotatable bonds is 4. The lowest BCUT2D eigenvalue weighted by atomic mass is 9.75. The Morgan fingerprint density at radius 2 is 1.94 bits per heavy atom. The maximum Gasteiger partial charge on any atom is 0.00924 e. The van der Waals surface area contributed by atoms with Crippen LogP contribution in [0.4, 0.5) is 0 Å². The summed E-state index contributed by atoms with van der Waals surface area (Å²) in [5, 5.41) is 3.58. The van der Waals surface area contributed by atoms with Gasteiger partial charge >= 0.3 is 0 Å². The van der Waals surface area contributed by atoms with Crippen molar-refractivity contribution < 1.29 is 0 Å². The summed E-state index contributed by atoms with van der Waals surface area (Å²) in [5.41, 5.74) is 0.534. The molecule has 1 saturated heterocycles. The summed E-state index contributed by atoms with van der Waals surface area (Å²) in [5.74, 6) is 0.795. The van der Waals surface area contributed by atoms with Crippen LogP contribution in [0.2, 0.25) is 0 Å². The van der Waals surface area contributed by atoms with Crippen LogP contribution in [-0.2, 0) is 0 Å². The maximum atomic E-state index is 3.58. The van der Waals surface area contributed by atoms with E-state index in [4.69, 9.17) is 0 Å². The number of hydrogen-bond acceptors (Lipinski definition) is 2. The van der Waals surface area contributed by atoms with Crippen molar-refractivity contribution in [1.82, 2.24) is 10.2 Å². The molecule has 0 amide bonds. The smallest absolute Gasteiger partial charge is 0.00924 e. The van der Waals surface area contributed by atoms with Gasteiger partial charge in [0.05, 0.1) is 0 Å². The summed E-state index contributed by atoms with van der Waals surface area (Å²) >= 11 is 0. The molecule has 2 fully saturated rings. The minimum Gasteiger partial charge on any atom is -0.316 e. The summed E-state index contributed by atoms with van der Waals surface area (Å²) in [6.45, 7) is 8.55. The van der Waals surface area contributed by atoms with E-state index in [9.17, 15) is 0 Å². The first-order valence-corrected chi connectivity index (χ1v) is 7.55. The van der Waals surface area contributed by atoms with Crippen LogP contribution in [0.15, 0.2) is 0 Å². The summed E-state index contributed by atoms with van der Waals surface area (Å²) in [4.78, 5) is 2.67. The summed E-state index contributed by atoms with van der Waals surface area (Å²) in [6.07, 6.45) is 8.57. The van der Waals surface area contributed by atoms with Crippen molar-refractivity contribution in [3.63, 3.8) is 0 Å². The van der Waals surface area contributed by atoms with Gasteiger partial charge in [-0.2, -0.15) is 0 Å². The molecule has 1 saturated carbocycles. The lowest BCUT2D eigenvalue weighted by molar-refractivity contribution is 0.0906. The molecule has 2 rings (SSSR count). The molecule has 2 aliphatic rings. The van der Waals surface area contributed by atoms with Gasteiger partial charge in [0.2, 0.25) is 0 Å². The molecule has 17 heavy (non-hydrogen) atoms. The second-order valence-corrected chi connectivity index (χ2v) is 6.65. The highest BCUT2D eigenvalue weighted by atomic mass is 15.1. The molecule has 100 valence electrons. The fraction of sp³-hybridized carbons (Fsp3) is 1.00. The molecule has 1 heterocycles. The van der Waals surface area contributed by atoms with Crippen molar-refractivity contribution in [3.8, 4) is 0 Å². The monoisotopic (exact) mass is 238 g/mol. The van der Waals surface area contributed by atoms with E-state index in [-0.39, 0.29) is 0 Å². The van der Waals surface area contributed by atoms with Crippen molar-refractivity contribution in [3.05, 3.63) is 0 Å². The van der Waals surface area contributed by atoms with E-state index in [1.54, 1.807) is 0 Å². The van der Waals surface area contributed by atoms with Gasteiger partial charge in [-0.3, -0.25) is 0 Å². The van der Waals surface area contributed by atoms with Gasteiger partial charge in [0.15, 0.2) is 0 Å². The molecule has 0 aromatic heterocycles. The first-order valence-electron chi connectivity index (χ1n) is 7.55. The Labute approximate surface area is 107 Å². The molecule has 0 aromatic rings. The fourth-order valence-electron chi connectivity index (χ4n) is 3.72. The normalized spacial score (nSPS) is 31.6. The Morgan fingerprint density at radius 3 is 2.47 bits per heavy atom. The van der Waals surface area contributed by atoms with Gasteiger partial charge in [0.25, 0.3) is 0 Å². The van der Waals surface area contributed by atoms with E-state index >= 15 is 0 Å². The van der Waals surface area contributed by atoms with Crippen LogP contribution >= 0.6 is 0 Å². The highest BCUT2D eigenvalue weighted by Gasteiger charge is 2.38. The van der Waals surface area contributed by atoms with E-state index in [1.165, 1.54) is 58.2 Å². The Balaban J connectivity index is 1.93. The van der Waals surface area contributed by atoms with Gasteiger partial charge in [-0.1, -0.05) is 33.1 Å². The summed E-state index contributed by atoms with van der Waals surface area (Å²) in [6, 6.07) is 0.861. The predicted octanol–water partition coefficient (Wildman–Crippen LogP) is 2.89. The van der Waals surface area contributed by atoms with Crippen molar-refractivity contribution >= 4 is 0 Å². The third kappa shape index (κ3) is 3.03. The van der Waals surface area contributed by atoms with E-state index in [2.05, 4.69) is 31.1 Å². The topological polar surface area (TPSA) is 15.3 Å². The van der Waals surface area contributed by atoms with Gasteiger partial charge in [0.1, 0.15) is 0 Å². The minimum atomic E-state index is 0.534. The lowest BCUT2D eigenvalue weighted by Gasteiger charge is -2.40. The maximum absolute atomic E-state index is 3.58. The zero-order valence-corrected chi connectivity index (χ0v) is 12.0. The number of hydrogen-bond donors (Lipinski definition) is 1. The van der Waals surface area contributed by atoms with Crippen LogP contribution in [0.25, 0.3) is 0 Å². The second kappa shape index (κ2) is 5.71. The van der Waals surface area contributed by atoms with Crippen LogP contribution in [0.1, 0.15) is 52.4 Å². The van der Waals surface area contributed by atoms with Gasteiger partial charge in [-0.05, 0) is 44.2 Å². The van der Waals surface area contributed by atoms with Crippen molar-refractivity contribution in [1.29, 1.82) is 0 Å². The van der Waals surface area contributed by atoms with Crippen LogP contribution in [0.3, 0.4) is 0 Å². The van der Waals surface area contributed by atoms with E-state index in [0.717, 1.165) is 12.0 Å². The lowest BCUT2D eigenvalue weighted by Crippen LogP contribution is -2.45. The molecular weight excluding hydrogens is 208 g/mol. The second-order valence-electron chi connectivity index (χ2n) is 6.65. The predicted molar refractivity (Wildman–Crippen MR) is 74.3 cm³/mol. The largest absolute Gasteiger partial charge is 0.316 e. The molecular formula is C15H30N2. The van der Waals surface area contributed by atoms with Crippen molar-refractivity contribution in [2.24, 2.45) is 11.3 Å². The molecule has 1 N–H and O–H groups in total. The van der Waals surface area contributed by atoms with E-state index < -0.39 is 0 Å². The molecule has 0 bridgehead atoms. The van der Waals surface area contributed by atoms with Gasteiger partial charge < -0.3 is 10.2 Å². The minimum absolute atomic E-state index is 0.534. The Bertz CT molecular complexity index is 225. The molecule has 1 atom stereocenters. The molecule has 1 aliphatic heterocycles. The van der Waals surface area contributed by atoms with Gasteiger partial charge in [-0.15, -0.1) is 0 Å². The average molecular weight is 238 g/mol. The third-order valence-corrected chi connectivity index (χ3v) is 5.26. The summed E-state index contributed by atoms with van der Waals surface area (Å²) in [7, 11) is 2.36. The van der Waals surface area contributed by atoms with Crippen molar-refractivity contribution in [2.45, 2.75) is 58.4 Å². The molecule has 2 nitrogen and oxygen atoms in total. The molecule has 2 heteroatoms. The average Bonchev–Trinajstić information content (AvgIpc) is 2.80. The molecule has 0 radical (unpaired) electrons. The van der Waals surface area contributed by atoms with Crippen LogP contribution < -0.4 is 5.32 Å². The first kappa shape index (κ1) is 13.4. The highest BCUT2D eigenvalue weighted by molar-refractivity contribution is 4.93. The van der Waals surface area contributed by atoms with Gasteiger partial charge in [0, 0.05) is 19.1 Å². The Morgan fingerprint density at radius 1 is 1.24 bits per heavy atom. The number of nitrogens with zero attached hydrogens (tertiary/aromatic N) is 1. The van der Waals surface area contributed by atoms with Gasteiger partial charge in [-0.25, -0.2) is 0 Å². The standard InChI is InChI=1S/C15H30N2/c1-13(2)15(9-10-16-11-15)12-17(3)14-7-5-4-6-8-14/h13-14,16H,4-12H2,1-3H3.